The van der Waals surface area contributed by atoms with Gasteiger partial charge in [-0.3, -0.25) is 9.59 Å². The molecule has 0 saturated carbocycles. The van der Waals surface area contributed by atoms with Gasteiger partial charge in [-0.25, -0.2) is 0 Å². The Morgan fingerprint density at radius 1 is 0.704 bits per heavy atom. The minimum atomic E-state index is -0.257. The first-order valence-electron chi connectivity index (χ1n) is 9.11. The molecule has 0 radical (unpaired) electrons. The van der Waals surface area contributed by atoms with Gasteiger partial charge in [0.15, 0.2) is 5.78 Å². The van der Waals surface area contributed by atoms with Gasteiger partial charge in [-0.1, -0.05) is 79.7 Å². The van der Waals surface area contributed by atoms with Crippen molar-refractivity contribution in [1.82, 2.24) is 5.32 Å². The molecule has 27 heavy (non-hydrogen) atoms. The molecule has 0 heterocycles. The fourth-order valence-corrected chi connectivity index (χ4v) is 3.06. The van der Waals surface area contributed by atoms with Gasteiger partial charge >= 0.3 is 0 Å². The van der Waals surface area contributed by atoms with Gasteiger partial charge < -0.3 is 5.32 Å². The minimum absolute atomic E-state index is 0.00644. The lowest BCUT2D eigenvalue weighted by Crippen LogP contribution is -2.26. The third-order valence-electron chi connectivity index (χ3n) is 4.75. The van der Waals surface area contributed by atoms with Crippen LogP contribution in [0, 0.1) is 0 Å². The summed E-state index contributed by atoms with van der Waals surface area (Å²) in [6.07, 6.45) is 0. The molecule has 0 saturated heterocycles. The largest absolute Gasteiger partial charge is 0.346 e. The van der Waals surface area contributed by atoms with Gasteiger partial charge in [0.2, 0.25) is 0 Å². The van der Waals surface area contributed by atoms with Crippen LogP contribution in [0.3, 0.4) is 0 Å². The second kappa shape index (κ2) is 8.45. The molecule has 0 aliphatic carbocycles. The number of hydrogen-bond acceptors (Lipinski definition) is 2. The van der Waals surface area contributed by atoms with Crippen molar-refractivity contribution in [3.05, 3.63) is 107 Å². The summed E-state index contributed by atoms with van der Waals surface area (Å²) >= 11 is 0. The van der Waals surface area contributed by atoms with Crippen LogP contribution >= 0.6 is 0 Å². The van der Waals surface area contributed by atoms with Crippen LogP contribution in [-0.4, -0.2) is 11.7 Å². The van der Waals surface area contributed by atoms with Crippen LogP contribution in [-0.2, 0) is 0 Å². The lowest BCUT2D eigenvalue weighted by Gasteiger charge is -2.15. The Labute approximate surface area is 160 Å². The first-order valence-corrected chi connectivity index (χ1v) is 9.11. The van der Waals surface area contributed by atoms with E-state index in [1.807, 2.05) is 74.5 Å². The molecule has 0 aliphatic heterocycles. The maximum atomic E-state index is 12.8. The molecule has 1 amide bonds. The van der Waals surface area contributed by atoms with Crippen LogP contribution in [0.5, 0.6) is 0 Å². The van der Waals surface area contributed by atoms with E-state index in [1.165, 1.54) is 0 Å². The summed E-state index contributed by atoms with van der Waals surface area (Å²) in [7, 11) is 0. The molecule has 0 aromatic heterocycles. The van der Waals surface area contributed by atoms with Crippen molar-refractivity contribution in [2.45, 2.75) is 25.8 Å². The zero-order chi connectivity index (χ0) is 19.2. The monoisotopic (exact) mass is 357 g/mol. The summed E-state index contributed by atoms with van der Waals surface area (Å²) in [6.45, 7) is 3.83. The molecule has 3 aromatic rings. The average molecular weight is 357 g/mol. The van der Waals surface area contributed by atoms with Gasteiger partial charge in [-0.2, -0.15) is 0 Å². The van der Waals surface area contributed by atoms with Gasteiger partial charge in [0.25, 0.3) is 5.91 Å². The Balaban J connectivity index is 1.75. The molecule has 3 heteroatoms. The number of hydrogen-bond donors (Lipinski definition) is 1. The lowest BCUT2D eigenvalue weighted by molar-refractivity contribution is 0.0940. The molecular formula is C24H23NO2. The summed E-state index contributed by atoms with van der Waals surface area (Å²) in [6, 6.07) is 26.3. The van der Waals surface area contributed by atoms with E-state index in [2.05, 4.69) is 5.32 Å². The van der Waals surface area contributed by atoms with E-state index in [4.69, 9.17) is 0 Å². The van der Waals surface area contributed by atoms with Gasteiger partial charge in [0.1, 0.15) is 0 Å². The predicted molar refractivity (Wildman–Crippen MR) is 108 cm³/mol. The Kier molecular flexibility index (Phi) is 5.82. The Morgan fingerprint density at radius 3 is 1.89 bits per heavy atom. The molecular weight excluding hydrogens is 334 g/mol. The number of benzene rings is 3. The van der Waals surface area contributed by atoms with E-state index < -0.39 is 0 Å². The maximum Gasteiger partial charge on any atom is 0.251 e. The average Bonchev–Trinajstić information content (AvgIpc) is 2.74. The maximum absolute atomic E-state index is 12.8. The fourth-order valence-electron chi connectivity index (χ4n) is 3.06. The molecule has 1 N–H and O–H groups in total. The normalized spacial score (nSPS) is 12.8. The minimum Gasteiger partial charge on any atom is -0.346 e. The number of amides is 1. The second-order valence-corrected chi connectivity index (χ2v) is 6.68. The quantitative estimate of drug-likeness (QED) is 0.619. The van der Waals surface area contributed by atoms with Gasteiger partial charge in [-0.15, -0.1) is 0 Å². The third-order valence-corrected chi connectivity index (χ3v) is 4.75. The lowest BCUT2D eigenvalue weighted by atomic mass is 9.91. The van der Waals surface area contributed by atoms with E-state index in [0.29, 0.717) is 11.1 Å². The Hall–Kier alpha value is -3.20. The van der Waals surface area contributed by atoms with Crippen molar-refractivity contribution in [2.24, 2.45) is 0 Å². The van der Waals surface area contributed by atoms with Crippen LogP contribution in [0.25, 0.3) is 0 Å². The number of nitrogens with one attached hydrogen (secondary N) is 1. The van der Waals surface area contributed by atoms with E-state index in [9.17, 15) is 9.59 Å². The van der Waals surface area contributed by atoms with Crippen molar-refractivity contribution in [1.29, 1.82) is 0 Å². The van der Waals surface area contributed by atoms with Gasteiger partial charge in [0, 0.05) is 17.0 Å². The summed E-state index contributed by atoms with van der Waals surface area (Å²) in [5.41, 5.74) is 3.04. The summed E-state index contributed by atoms with van der Waals surface area (Å²) in [5.74, 6) is -0.437. The molecule has 0 aliphatic rings. The van der Waals surface area contributed by atoms with Crippen LogP contribution in [0.2, 0.25) is 0 Å². The van der Waals surface area contributed by atoms with Crippen molar-refractivity contribution in [2.75, 3.05) is 0 Å². The highest BCUT2D eigenvalue weighted by atomic mass is 16.1. The van der Waals surface area contributed by atoms with Crippen LogP contribution in [0.1, 0.15) is 57.7 Å². The van der Waals surface area contributed by atoms with Crippen LogP contribution < -0.4 is 5.32 Å². The van der Waals surface area contributed by atoms with Crippen molar-refractivity contribution in [3.8, 4) is 0 Å². The van der Waals surface area contributed by atoms with Crippen molar-refractivity contribution in [3.63, 3.8) is 0 Å². The number of carbonyl (C=O) groups is 2. The second-order valence-electron chi connectivity index (χ2n) is 6.68. The highest BCUT2D eigenvalue weighted by molar-refractivity contribution is 6.03. The number of Topliss-reactive ketones (excluding diaryl/α,β-unsaturated/α-hetero) is 1. The summed E-state index contributed by atoms with van der Waals surface area (Å²) in [4.78, 5) is 25.5. The molecule has 0 spiro atoms. The van der Waals surface area contributed by atoms with E-state index in [0.717, 1.165) is 11.1 Å². The SMILES string of the molecule is C[C@@H](NC(=O)c1cccc(C(=O)[C@H](C)c2ccccc2)c1)c1ccccc1. The smallest absolute Gasteiger partial charge is 0.251 e. The van der Waals surface area contributed by atoms with Gasteiger partial charge in [0.05, 0.1) is 6.04 Å². The van der Waals surface area contributed by atoms with Crippen LogP contribution in [0.4, 0.5) is 0 Å². The highest BCUT2D eigenvalue weighted by Gasteiger charge is 2.19. The van der Waals surface area contributed by atoms with E-state index >= 15 is 0 Å². The standard InChI is InChI=1S/C24H23NO2/c1-17(19-10-5-3-6-11-19)23(26)21-14-9-15-22(16-21)24(27)25-18(2)20-12-7-4-8-13-20/h3-18H,1-2H3,(H,25,27)/t17-,18-/m1/s1. The van der Waals surface area contributed by atoms with E-state index in [1.54, 1.807) is 24.3 Å². The fraction of sp³-hybridized carbons (Fsp3) is 0.167. The molecule has 0 bridgehead atoms. The number of ketones is 1. The zero-order valence-electron chi connectivity index (χ0n) is 15.6. The molecule has 0 unspecified atom stereocenters. The molecule has 3 aromatic carbocycles. The van der Waals surface area contributed by atoms with Gasteiger partial charge in [-0.05, 0) is 30.2 Å². The summed E-state index contributed by atoms with van der Waals surface area (Å²) in [5, 5.41) is 2.99. The molecule has 136 valence electrons. The highest BCUT2D eigenvalue weighted by Crippen LogP contribution is 2.21. The number of rotatable bonds is 6. The first kappa shape index (κ1) is 18.6. The summed E-state index contributed by atoms with van der Waals surface area (Å²) < 4.78 is 0. The number of carbonyl (C=O) groups excluding carboxylic acids is 2. The van der Waals surface area contributed by atoms with E-state index in [-0.39, 0.29) is 23.7 Å². The molecule has 2 atom stereocenters. The van der Waals surface area contributed by atoms with Crippen molar-refractivity contribution < 1.29 is 9.59 Å². The topological polar surface area (TPSA) is 46.2 Å². The Morgan fingerprint density at radius 2 is 1.26 bits per heavy atom. The van der Waals surface area contributed by atoms with Crippen LogP contribution in [0.15, 0.2) is 84.9 Å². The molecule has 0 fully saturated rings. The first-order chi connectivity index (χ1) is 13.1. The van der Waals surface area contributed by atoms with Crippen molar-refractivity contribution >= 4 is 11.7 Å². The third kappa shape index (κ3) is 4.50. The molecule has 3 nitrogen and oxygen atoms in total. The Bertz CT molecular complexity index is 919. The molecule has 3 rings (SSSR count). The predicted octanol–water partition coefficient (Wildman–Crippen LogP) is 5.16. The zero-order valence-corrected chi connectivity index (χ0v) is 15.6.